The minimum Gasteiger partial charge on any atom is -0.311 e. The van der Waals surface area contributed by atoms with E-state index in [1.54, 1.807) is 0 Å². The molecule has 12 rings (SSSR count). The molecule has 5 aliphatic rings. The molecule has 0 saturated heterocycles. The second kappa shape index (κ2) is 13.0. The lowest BCUT2D eigenvalue weighted by molar-refractivity contribution is 0.332. The van der Waals surface area contributed by atoms with Gasteiger partial charge in [-0.1, -0.05) is 132 Å². The van der Waals surface area contributed by atoms with Crippen molar-refractivity contribution in [2.24, 2.45) is 0 Å². The number of benzene rings is 6. The summed E-state index contributed by atoms with van der Waals surface area (Å²) >= 11 is 1.95. The average molecular weight is 871 g/mol. The van der Waals surface area contributed by atoms with Crippen molar-refractivity contribution in [2.45, 2.75) is 162 Å². The molecule has 3 heterocycles. The maximum atomic E-state index is 2.75. The van der Waals surface area contributed by atoms with Gasteiger partial charge < -0.3 is 9.80 Å². The molecule has 0 saturated carbocycles. The van der Waals surface area contributed by atoms with Crippen molar-refractivity contribution >= 4 is 88.7 Å². The average Bonchev–Trinajstić information content (AvgIpc) is 3.70. The van der Waals surface area contributed by atoms with Crippen molar-refractivity contribution in [3.05, 3.63) is 136 Å². The van der Waals surface area contributed by atoms with E-state index in [9.17, 15) is 0 Å². The number of nitrogens with zero attached hydrogens (tertiary/aromatic N) is 2. The van der Waals surface area contributed by atoms with Gasteiger partial charge in [-0.15, -0.1) is 11.3 Å². The molecule has 0 fully saturated rings. The van der Waals surface area contributed by atoms with Crippen LogP contribution in [0.5, 0.6) is 0 Å². The third-order valence-electron chi connectivity index (χ3n) is 17.7. The highest BCUT2D eigenvalue weighted by molar-refractivity contribution is 7.26. The maximum Gasteiger partial charge on any atom is 0.252 e. The third-order valence-corrected chi connectivity index (χ3v) is 18.9. The fourth-order valence-corrected chi connectivity index (χ4v) is 15.2. The number of hydrogen-bond acceptors (Lipinski definition) is 3. The predicted octanol–water partition coefficient (Wildman–Crippen LogP) is 15.4. The van der Waals surface area contributed by atoms with Crippen LogP contribution in [0.2, 0.25) is 0 Å². The summed E-state index contributed by atoms with van der Waals surface area (Å²) in [6, 6.07) is 37.2. The molecule has 0 spiro atoms. The van der Waals surface area contributed by atoms with E-state index in [-0.39, 0.29) is 39.2 Å². The topological polar surface area (TPSA) is 6.48 Å². The number of rotatable bonds is 2. The minimum absolute atomic E-state index is 0.0629. The highest BCUT2D eigenvalue weighted by Gasteiger charge is 2.50. The lowest BCUT2D eigenvalue weighted by atomic mass is 9.32. The highest BCUT2D eigenvalue weighted by Crippen LogP contribution is 2.56. The van der Waals surface area contributed by atoms with Gasteiger partial charge in [0.25, 0.3) is 6.71 Å². The van der Waals surface area contributed by atoms with Crippen LogP contribution < -0.4 is 26.2 Å². The van der Waals surface area contributed by atoms with E-state index in [4.69, 9.17) is 0 Å². The number of thiophene rings is 1. The molecule has 1 aromatic heterocycles. The largest absolute Gasteiger partial charge is 0.311 e. The summed E-state index contributed by atoms with van der Waals surface area (Å²) in [4.78, 5) is 5.48. The Labute approximate surface area is 393 Å². The summed E-state index contributed by atoms with van der Waals surface area (Å²) in [5.74, 6) is 0. The molecule has 65 heavy (non-hydrogen) atoms. The molecule has 6 aromatic carbocycles. The fraction of sp³-hybridized carbons (Fsp3) is 0.410. The Balaban J connectivity index is 1.24. The van der Waals surface area contributed by atoms with Gasteiger partial charge in [0.2, 0.25) is 0 Å². The number of aryl methyl sites for hydroxylation is 2. The molecule has 0 unspecified atom stereocenters. The van der Waals surface area contributed by atoms with Gasteiger partial charge in [-0.25, -0.2) is 0 Å². The molecule has 0 atom stereocenters. The van der Waals surface area contributed by atoms with Gasteiger partial charge >= 0.3 is 0 Å². The maximum absolute atomic E-state index is 2.75. The Morgan fingerprint density at radius 3 is 1.45 bits per heavy atom. The van der Waals surface area contributed by atoms with Gasteiger partial charge in [-0.3, -0.25) is 0 Å². The van der Waals surface area contributed by atoms with E-state index in [0.29, 0.717) is 0 Å². The summed E-state index contributed by atoms with van der Waals surface area (Å²) in [6.45, 7) is 34.7. The van der Waals surface area contributed by atoms with E-state index in [2.05, 4.69) is 198 Å². The van der Waals surface area contributed by atoms with Crippen molar-refractivity contribution in [3.63, 3.8) is 0 Å². The SMILES string of the molecule is Cc1cc2c3c(c1)N(c1cccc4c1sc1ccccc14)c1cc4c(cc1B3c1cc3c(cc1N2c1cc2c(cc1C)C(C)(C)CCC2(C)C)C(C)(C)CC3(C)C)C(C)(C)CCC4(C)C. The zero-order valence-electron chi connectivity index (χ0n) is 41.6. The molecular weight excluding hydrogens is 804 g/mol. The van der Waals surface area contributed by atoms with Gasteiger partial charge in [0, 0.05) is 43.9 Å². The van der Waals surface area contributed by atoms with Crippen LogP contribution in [0, 0.1) is 13.8 Å². The molecule has 2 nitrogen and oxygen atoms in total. The van der Waals surface area contributed by atoms with Crippen molar-refractivity contribution in [1.29, 1.82) is 0 Å². The normalized spacial score (nSPS) is 20.8. The molecule has 2 aliphatic heterocycles. The molecule has 3 aliphatic carbocycles. The first kappa shape index (κ1) is 41.6. The van der Waals surface area contributed by atoms with Crippen LogP contribution in [0.4, 0.5) is 34.1 Å². The first-order valence-electron chi connectivity index (χ1n) is 24.7. The zero-order chi connectivity index (χ0) is 45.7. The summed E-state index contributed by atoms with van der Waals surface area (Å²) in [7, 11) is 0. The Hall–Kier alpha value is -4.80. The molecular formula is C61H67BN2S. The molecule has 0 N–H and O–H groups in total. The van der Waals surface area contributed by atoms with Crippen molar-refractivity contribution in [2.75, 3.05) is 9.80 Å². The molecule has 4 heteroatoms. The zero-order valence-corrected chi connectivity index (χ0v) is 42.4. The molecule has 0 amide bonds. The molecule has 0 radical (unpaired) electrons. The van der Waals surface area contributed by atoms with E-state index < -0.39 is 0 Å². The lowest BCUT2D eigenvalue weighted by Gasteiger charge is -2.48. The molecule has 330 valence electrons. The number of anilines is 6. The summed E-state index contributed by atoms with van der Waals surface area (Å²) in [5.41, 5.74) is 24.6. The van der Waals surface area contributed by atoms with E-state index >= 15 is 0 Å². The Morgan fingerprint density at radius 2 is 0.877 bits per heavy atom. The van der Waals surface area contributed by atoms with Gasteiger partial charge in [-0.05, 0) is 182 Å². The monoisotopic (exact) mass is 871 g/mol. The first-order valence-corrected chi connectivity index (χ1v) is 25.5. The minimum atomic E-state index is 0.0629. The number of hydrogen-bond donors (Lipinski definition) is 0. The Bertz CT molecular complexity index is 3240. The third kappa shape index (κ3) is 5.71. The van der Waals surface area contributed by atoms with Crippen LogP contribution >= 0.6 is 11.3 Å². The van der Waals surface area contributed by atoms with Crippen LogP contribution in [0.15, 0.2) is 91.0 Å². The quantitative estimate of drug-likeness (QED) is 0.160. The van der Waals surface area contributed by atoms with Gasteiger partial charge in [0.1, 0.15) is 0 Å². The molecule has 7 aromatic rings. The van der Waals surface area contributed by atoms with Gasteiger partial charge in [-0.2, -0.15) is 0 Å². The highest BCUT2D eigenvalue weighted by atomic mass is 32.1. The van der Waals surface area contributed by atoms with Crippen LogP contribution in [0.3, 0.4) is 0 Å². The lowest BCUT2D eigenvalue weighted by Crippen LogP contribution is -2.62. The smallest absolute Gasteiger partial charge is 0.252 e. The van der Waals surface area contributed by atoms with Gasteiger partial charge in [0.15, 0.2) is 0 Å². The first-order chi connectivity index (χ1) is 30.5. The summed E-state index contributed by atoms with van der Waals surface area (Å²) in [6.07, 6.45) is 5.92. The Kier molecular flexibility index (Phi) is 8.33. The van der Waals surface area contributed by atoms with Crippen LogP contribution in [-0.4, -0.2) is 6.71 Å². The van der Waals surface area contributed by atoms with Crippen molar-refractivity contribution < 1.29 is 0 Å². The van der Waals surface area contributed by atoms with E-state index in [0.717, 1.165) is 6.42 Å². The molecule has 0 bridgehead atoms. The number of fused-ring (bicyclic) bond motifs is 10. The van der Waals surface area contributed by atoms with Crippen LogP contribution in [0.25, 0.3) is 20.2 Å². The summed E-state index contributed by atoms with van der Waals surface area (Å²) < 4.78 is 2.70. The van der Waals surface area contributed by atoms with Crippen molar-refractivity contribution in [1.82, 2.24) is 0 Å². The van der Waals surface area contributed by atoms with Crippen molar-refractivity contribution in [3.8, 4) is 0 Å². The Morgan fingerprint density at radius 1 is 0.431 bits per heavy atom. The summed E-state index contributed by atoms with van der Waals surface area (Å²) in [5, 5.41) is 2.69. The second-order valence-electron chi connectivity index (χ2n) is 25.2. The standard InChI is InChI=1S/C61H67BN2S/c1-35-26-51-54-52(27-35)64(48-31-42-39(28-36(48)2)56(3,4)22-24-58(42,7)8)50-33-44-41(60(11,12)34-61(44,13)14)30-46(50)62(54)45-29-40-43(59(9,10)25-23-57(40,5)6)32-49(45)63(51)47-20-17-19-38-37-18-15-16-21-53(37)65-55(38)47/h15-21,26-33H,22-25,34H2,1-14H3. The predicted molar refractivity (Wildman–Crippen MR) is 284 cm³/mol. The van der Waals surface area contributed by atoms with Crippen LogP contribution in [-0.2, 0) is 32.5 Å². The van der Waals surface area contributed by atoms with E-state index in [1.165, 1.54) is 141 Å². The second-order valence-corrected chi connectivity index (χ2v) is 26.2. The van der Waals surface area contributed by atoms with Gasteiger partial charge in [0.05, 0.1) is 10.4 Å². The fourth-order valence-electron chi connectivity index (χ4n) is 14.0. The van der Waals surface area contributed by atoms with Crippen LogP contribution in [0.1, 0.15) is 160 Å². The van der Waals surface area contributed by atoms with E-state index in [1.807, 2.05) is 11.3 Å².